The highest BCUT2D eigenvalue weighted by Crippen LogP contribution is 2.46. The van der Waals surface area contributed by atoms with Gasteiger partial charge in [0.25, 0.3) is 0 Å². The molecule has 10 unspecified atom stereocenters. The highest BCUT2D eigenvalue weighted by Gasteiger charge is 2.68. The van der Waals surface area contributed by atoms with Gasteiger partial charge in [0.1, 0.15) is 29.7 Å². The molecule has 11 nitrogen and oxygen atoms in total. The lowest BCUT2D eigenvalue weighted by molar-refractivity contribution is -0.482. The van der Waals surface area contributed by atoms with E-state index >= 15 is 0 Å². The van der Waals surface area contributed by atoms with Gasteiger partial charge in [-0.05, 0) is 27.1 Å². The Hall–Kier alpha value is -1.59. The van der Waals surface area contributed by atoms with Gasteiger partial charge in [0, 0.05) is 25.1 Å². The van der Waals surface area contributed by atoms with E-state index in [1.807, 2.05) is 0 Å². The van der Waals surface area contributed by atoms with Crippen molar-refractivity contribution in [2.45, 2.75) is 86.5 Å². The molecule has 0 amide bonds. The molecule has 4 rings (SSSR count). The Balaban J connectivity index is 1.55. The first kappa shape index (κ1) is 28.4. The second kappa shape index (κ2) is 10.5. The molecule has 1 saturated carbocycles. The lowest BCUT2D eigenvalue weighted by atomic mass is 9.77. The second-order valence-corrected chi connectivity index (χ2v) is 9.76. The number of ether oxygens (including phenoxy) is 4. The zero-order valence-electron chi connectivity index (χ0n) is 20.6. The van der Waals surface area contributed by atoms with Crippen molar-refractivity contribution >= 4 is 0 Å². The minimum atomic E-state index is -4.87. The molecule has 0 bridgehead atoms. The summed E-state index contributed by atoms with van der Waals surface area (Å²) >= 11 is 0. The van der Waals surface area contributed by atoms with Crippen LogP contribution in [0.5, 0.6) is 5.75 Å². The zero-order chi connectivity index (χ0) is 27.2. The molecule has 1 aromatic rings. The number of nitrogens with one attached hydrogen (secondary N) is 3. The number of fused-ring (bicyclic) bond motifs is 2. The third kappa shape index (κ3) is 5.32. The minimum Gasteiger partial charge on any atom is -0.405 e. The fraction of sp³-hybridized carbons (Fsp3) is 0.739. The maximum atomic E-state index is 12.8. The first-order valence-electron chi connectivity index (χ1n) is 12.0. The van der Waals surface area contributed by atoms with Crippen LogP contribution < -0.4 is 20.7 Å². The first-order chi connectivity index (χ1) is 17.3. The average molecular weight is 538 g/mol. The molecule has 3 aliphatic rings. The number of likely N-dealkylation sites (N-methyl/N-ethyl adjacent to an activating group) is 2. The predicted molar refractivity (Wildman–Crippen MR) is 121 cm³/mol. The molecule has 10 atom stereocenters. The number of para-hydroxylation sites is 1. The summed E-state index contributed by atoms with van der Waals surface area (Å²) in [6.07, 6.45) is -11.5. The van der Waals surface area contributed by atoms with Crippen molar-refractivity contribution in [3.63, 3.8) is 0 Å². The maximum Gasteiger partial charge on any atom is 0.573 e. The van der Waals surface area contributed by atoms with Crippen LogP contribution in [0.4, 0.5) is 13.2 Å². The summed E-state index contributed by atoms with van der Waals surface area (Å²) in [5, 5.41) is 53.5. The molecule has 37 heavy (non-hydrogen) atoms. The van der Waals surface area contributed by atoms with E-state index in [1.54, 1.807) is 27.1 Å². The number of benzene rings is 1. The topological polar surface area (TPSA) is 154 Å². The van der Waals surface area contributed by atoms with Crippen LogP contribution in [0.3, 0.4) is 0 Å². The van der Waals surface area contributed by atoms with Crippen molar-refractivity contribution in [2.75, 3.05) is 20.6 Å². The van der Waals surface area contributed by atoms with Gasteiger partial charge in [0.2, 0.25) is 12.1 Å². The Labute approximate surface area is 211 Å². The van der Waals surface area contributed by atoms with Crippen molar-refractivity contribution in [3.8, 4) is 5.75 Å². The summed E-state index contributed by atoms with van der Waals surface area (Å²) in [7, 11) is 3.15. The van der Waals surface area contributed by atoms with E-state index in [9.17, 15) is 33.6 Å². The van der Waals surface area contributed by atoms with E-state index in [4.69, 9.17) is 14.2 Å². The van der Waals surface area contributed by atoms with Gasteiger partial charge in [-0.15, -0.1) is 13.2 Å². The van der Waals surface area contributed by atoms with Crippen LogP contribution in [0.2, 0.25) is 0 Å². The van der Waals surface area contributed by atoms with Crippen LogP contribution in [-0.2, 0) is 20.8 Å². The van der Waals surface area contributed by atoms with Crippen LogP contribution in [0.15, 0.2) is 24.3 Å². The molecule has 2 saturated heterocycles. The fourth-order valence-corrected chi connectivity index (χ4v) is 5.51. The van der Waals surface area contributed by atoms with E-state index in [1.165, 1.54) is 18.2 Å². The number of rotatable bonds is 7. The number of hydrogen-bond acceptors (Lipinski definition) is 11. The quantitative estimate of drug-likeness (QED) is 0.227. The van der Waals surface area contributed by atoms with Crippen LogP contribution in [0.25, 0.3) is 0 Å². The lowest BCUT2D eigenvalue weighted by Gasteiger charge is -2.60. The van der Waals surface area contributed by atoms with Gasteiger partial charge in [0.05, 0.1) is 24.3 Å². The summed E-state index contributed by atoms with van der Waals surface area (Å²) in [6, 6.07) is 4.00. The predicted octanol–water partition coefficient (Wildman–Crippen LogP) is -1.08. The van der Waals surface area contributed by atoms with Crippen molar-refractivity contribution < 1.29 is 52.5 Å². The lowest BCUT2D eigenvalue weighted by Crippen LogP contribution is -2.81. The molecule has 0 spiro atoms. The first-order valence-corrected chi connectivity index (χ1v) is 12.0. The monoisotopic (exact) mass is 537 g/mol. The third-order valence-electron chi connectivity index (χ3n) is 7.28. The van der Waals surface area contributed by atoms with Crippen molar-refractivity contribution in [1.29, 1.82) is 0 Å². The molecule has 3 fully saturated rings. The van der Waals surface area contributed by atoms with Crippen LogP contribution in [0, 0.1) is 0 Å². The number of alkyl halides is 3. The molecular weight excluding hydrogens is 503 g/mol. The molecule has 0 radical (unpaired) electrons. The Kier molecular flexibility index (Phi) is 8.08. The molecule has 7 N–H and O–H groups in total. The summed E-state index contributed by atoms with van der Waals surface area (Å²) in [6.45, 7) is 1.21. The van der Waals surface area contributed by atoms with Gasteiger partial charge in [-0.3, -0.25) is 0 Å². The highest BCUT2D eigenvalue weighted by molar-refractivity contribution is 5.33. The number of halogens is 3. The van der Waals surface area contributed by atoms with Gasteiger partial charge in [-0.2, -0.15) is 0 Å². The molecule has 0 aromatic heterocycles. The van der Waals surface area contributed by atoms with Gasteiger partial charge >= 0.3 is 6.36 Å². The van der Waals surface area contributed by atoms with E-state index in [0.717, 1.165) is 0 Å². The van der Waals surface area contributed by atoms with E-state index in [-0.39, 0.29) is 25.1 Å². The van der Waals surface area contributed by atoms with Gasteiger partial charge < -0.3 is 55.3 Å². The number of hydrogen-bond donors (Lipinski definition) is 7. The van der Waals surface area contributed by atoms with E-state index in [0.29, 0.717) is 0 Å². The smallest absolute Gasteiger partial charge is 0.405 e. The van der Waals surface area contributed by atoms with Crippen LogP contribution in [-0.4, -0.2) is 108 Å². The molecule has 2 aliphatic heterocycles. The zero-order valence-corrected chi connectivity index (χ0v) is 20.6. The average Bonchev–Trinajstić information content (AvgIpc) is 2.80. The molecule has 2 heterocycles. The summed E-state index contributed by atoms with van der Waals surface area (Å²) in [5.41, 5.74) is -1.84. The molecule has 14 heteroatoms. The van der Waals surface area contributed by atoms with Crippen LogP contribution >= 0.6 is 0 Å². The third-order valence-corrected chi connectivity index (χ3v) is 7.28. The minimum absolute atomic E-state index is 0.108. The van der Waals surface area contributed by atoms with E-state index < -0.39 is 72.4 Å². The summed E-state index contributed by atoms with van der Waals surface area (Å²) in [5.74, 6) is -2.83. The second-order valence-electron chi connectivity index (χ2n) is 9.76. The largest absolute Gasteiger partial charge is 0.573 e. The van der Waals surface area contributed by atoms with Gasteiger partial charge in [-0.25, -0.2) is 0 Å². The Morgan fingerprint density at radius 2 is 1.70 bits per heavy atom. The summed E-state index contributed by atoms with van der Waals surface area (Å²) in [4.78, 5) is 0. The van der Waals surface area contributed by atoms with Crippen molar-refractivity contribution in [3.05, 3.63) is 29.8 Å². The molecule has 1 aliphatic carbocycles. The molecule has 1 aromatic carbocycles. The number of aliphatic hydroxyl groups is 4. The van der Waals surface area contributed by atoms with Crippen molar-refractivity contribution in [1.82, 2.24) is 16.0 Å². The van der Waals surface area contributed by atoms with E-state index in [2.05, 4.69) is 20.7 Å². The molecule has 210 valence electrons. The Bertz CT molecular complexity index is 945. The Morgan fingerprint density at radius 3 is 2.35 bits per heavy atom. The maximum absolute atomic E-state index is 12.8. The summed E-state index contributed by atoms with van der Waals surface area (Å²) < 4.78 is 60.1. The van der Waals surface area contributed by atoms with Crippen LogP contribution in [0.1, 0.15) is 18.9 Å². The number of aliphatic hydroxyl groups excluding tert-OH is 2. The standard InChI is InChI=1S/C23H34F3N3O8/c1-11-8-21(32,10-29-9-12-6-4-5-7-13(12)36-23(24,25)26)22(33)20(34-11)35-19-17(31)14(27-2)16(30)15(28-3)18(19)37-22/h4-7,11,14-20,27-33H,8-10H2,1-3H3. The van der Waals surface area contributed by atoms with Gasteiger partial charge in [0.15, 0.2) is 0 Å². The molecular formula is C23H34F3N3O8. The van der Waals surface area contributed by atoms with Gasteiger partial charge in [-0.1, -0.05) is 18.2 Å². The SMILES string of the molecule is CNC1C(O)C(NC)C2OC3(O)C(OC(C)CC3(O)CNCc3ccccc3OC(F)(F)F)OC2C1O. The highest BCUT2D eigenvalue weighted by atomic mass is 19.4. The van der Waals surface area contributed by atoms with Crippen molar-refractivity contribution in [2.24, 2.45) is 0 Å². The normalized spacial score (nSPS) is 42.1. The fourth-order valence-electron chi connectivity index (χ4n) is 5.51. The Morgan fingerprint density at radius 1 is 1.03 bits per heavy atom.